The van der Waals surface area contributed by atoms with Gasteiger partial charge in [0.15, 0.2) is 0 Å². The Morgan fingerprint density at radius 1 is 1.41 bits per heavy atom. The van der Waals surface area contributed by atoms with Crippen molar-refractivity contribution in [3.63, 3.8) is 0 Å². The molecule has 1 aromatic carbocycles. The first-order chi connectivity index (χ1) is 7.97. The highest BCUT2D eigenvalue weighted by molar-refractivity contribution is 7.86. The van der Waals surface area contributed by atoms with E-state index in [1.54, 1.807) is 6.07 Å². The van der Waals surface area contributed by atoms with Gasteiger partial charge >= 0.3 is 5.97 Å². The van der Waals surface area contributed by atoms with Crippen molar-refractivity contribution in [2.75, 3.05) is 0 Å². The summed E-state index contributed by atoms with van der Waals surface area (Å²) < 4.78 is 12.2. The molecule has 0 bridgehead atoms. The monoisotopic (exact) mass is 254 g/mol. The van der Waals surface area contributed by atoms with Crippen LogP contribution in [0.1, 0.15) is 30.9 Å². The summed E-state index contributed by atoms with van der Waals surface area (Å²) in [4.78, 5) is 11.7. The van der Waals surface area contributed by atoms with Crippen molar-refractivity contribution >= 4 is 16.8 Å². The van der Waals surface area contributed by atoms with Crippen molar-refractivity contribution in [2.45, 2.75) is 43.8 Å². The number of benzene rings is 1. The first kappa shape index (κ1) is 13.9. The third-order valence-corrected chi connectivity index (χ3v) is 4.48. The van der Waals surface area contributed by atoms with E-state index >= 15 is 0 Å². The van der Waals surface area contributed by atoms with Gasteiger partial charge in [0, 0.05) is 4.90 Å². The molecule has 0 amide bonds. The van der Waals surface area contributed by atoms with Crippen LogP contribution in [0.3, 0.4) is 0 Å². The van der Waals surface area contributed by atoms with E-state index in [1.807, 2.05) is 32.9 Å². The Bertz CT molecular complexity index is 440. The molecule has 0 aliphatic carbocycles. The normalized spacial score (nSPS) is 14.3. The summed E-state index contributed by atoms with van der Waals surface area (Å²) in [7, 11) is -1.47. The highest BCUT2D eigenvalue weighted by Crippen LogP contribution is 2.20. The van der Waals surface area contributed by atoms with Crippen molar-refractivity contribution in [2.24, 2.45) is 0 Å². The molecule has 4 heteroatoms. The molecule has 17 heavy (non-hydrogen) atoms. The maximum Gasteiger partial charge on any atom is 0.319 e. The van der Waals surface area contributed by atoms with E-state index in [0.29, 0.717) is 17.7 Å². The van der Waals surface area contributed by atoms with Crippen LogP contribution in [0.25, 0.3) is 0 Å². The van der Waals surface area contributed by atoms with Crippen LogP contribution in [-0.4, -0.2) is 20.5 Å². The summed E-state index contributed by atoms with van der Waals surface area (Å²) in [5.74, 6) is -0.981. The summed E-state index contributed by atoms with van der Waals surface area (Å²) >= 11 is 0. The molecule has 1 rings (SSSR count). The molecule has 1 N–H and O–H groups in total. The average Bonchev–Trinajstić information content (AvgIpc) is 2.24. The maximum atomic E-state index is 12.2. The summed E-state index contributed by atoms with van der Waals surface area (Å²) in [6.45, 7) is 5.72. The predicted molar refractivity (Wildman–Crippen MR) is 68.7 cm³/mol. The van der Waals surface area contributed by atoms with E-state index in [-0.39, 0.29) is 0 Å². The Balaban J connectivity index is 3.05. The maximum absolute atomic E-state index is 12.2. The van der Waals surface area contributed by atoms with E-state index in [2.05, 4.69) is 0 Å². The zero-order chi connectivity index (χ0) is 13.0. The molecule has 1 aromatic rings. The number of carbonyl (C=O) groups is 1. The molecule has 0 aliphatic heterocycles. The second-order valence-corrected chi connectivity index (χ2v) is 5.79. The molecule has 0 fully saturated rings. The van der Waals surface area contributed by atoms with Gasteiger partial charge in [-0.15, -0.1) is 0 Å². The number of carboxylic acid groups (broad SMARTS) is 1. The SMILES string of the molecule is CCCC(C(=O)O)S(=O)c1ccc(C)cc1C. The molecule has 94 valence electrons. The highest BCUT2D eigenvalue weighted by atomic mass is 32.2. The van der Waals surface area contributed by atoms with Gasteiger partial charge < -0.3 is 5.11 Å². The Labute approximate surface area is 104 Å². The molecule has 0 heterocycles. The van der Waals surface area contributed by atoms with Gasteiger partial charge in [-0.05, 0) is 31.9 Å². The van der Waals surface area contributed by atoms with Gasteiger partial charge in [0.25, 0.3) is 0 Å². The van der Waals surface area contributed by atoms with Crippen LogP contribution in [0.4, 0.5) is 0 Å². The minimum absolute atomic E-state index is 0.440. The van der Waals surface area contributed by atoms with Crippen LogP contribution in [0.15, 0.2) is 23.1 Å². The van der Waals surface area contributed by atoms with Crippen LogP contribution >= 0.6 is 0 Å². The van der Waals surface area contributed by atoms with E-state index in [1.165, 1.54) is 0 Å². The lowest BCUT2D eigenvalue weighted by Crippen LogP contribution is -2.26. The Kier molecular flexibility index (Phi) is 4.87. The van der Waals surface area contributed by atoms with Gasteiger partial charge in [0.2, 0.25) is 0 Å². The van der Waals surface area contributed by atoms with E-state index in [9.17, 15) is 9.00 Å². The van der Waals surface area contributed by atoms with Gasteiger partial charge in [-0.2, -0.15) is 0 Å². The number of rotatable bonds is 5. The Hall–Kier alpha value is -1.16. The van der Waals surface area contributed by atoms with E-state index < -0.39 is 22.0 Å². The topological polar surface area (TPSA) is 54.4 Å². The van der Waals surface area contributed by atoms with Crippen LogP contribution in [0.5, 0.6) is 0 Å². The van der Waals surface area contributed by atoms with Crippen molar-refractivity contribution in [3.05, 3.63) is 29.3 Å². The average molecular weight is 254 g/mol. The second-order valence-electron chi connectivity index (χ2n) is 4.18. The summed E-state index contributed by atoms with van der Waals surface area (Å²) in [5, 5.41) is 8.28. The molecule has 2 atom stereocenters. The molecular weight excluding hydrogens is 236 g/mol. The minimum Gasteiger partial charge on any atom is -0.480 e. The molecule has 0 aromatic heterocycles. The number of hydrogen-bond donors (Lipinski definition) is 1. The second kappa shape index (κ2) is 5.96. The van der Waals surface area contributed by atoms with Gasteiger partial charge in [0.05, 0.1) is 10.8 Å². The minimum atomic E-state index is -1.47. The third-order valence-electron chi connectivity index (χ3n) is 2.63. The first-order valence-corrected chi connectivity index (χ1v) is 6.89. The van der Waals surface area contributed by atoms with Gasteiger partial charge in [-0.3, -0.25) is 9.00 Å². The fourth-order valence-electron chi connectivity index (χ4n) is 1.76. The Morgan fingerprint density at radius 2 is 2.06 bits per heavy atom. The van der Waals surface area contributed by atoms with E-state index in [0.717, 1.165) is 11.1 Å². The molecule has 0 saturated carbocycles. The lowest BCUT2D eigenvalue weighted by Gasteiger charge is -2.13. The van der Waals surface area contributed by atoms with Crippen LogP contribution < -0.4 is 0 Å². The number of hydrogen-bond acceptors (Lipinski definition) is 2. The van der Waals surface area contributed by atoms with Crippen molar-refractivity contribution in [1.82, 2.24) is 0 Å². The third kappa shape index (κ3) is 3.40. The van der Waals surface area contributed by atoms with Crippen molar-refractivity contribution in [1.29, 1.82) is 0 Å². The molecule has 0 aliphatic rings. The highest BCUT2D eigenvalue weighted by Gasteiger charge is 2.25. The summed E-state index contributed by atoms with van der Waals surface area (Å²) in [6, 6.07) is 5.57. The predicted octanol–water partition coefficient (Wildman–Crippen LogP) is 2.66. The van der Waals surface area contributed by atoms with Crippen molar-refractivity contribution in [3.8, 4) is 0 Å². The zero-order valence-electron chi connectivity index (χ0n) is 10.4. The molecule has 3 nitrogen and oxygen atoms in total. The van der Waals surface area contributed by atoms with Crippen LogP contribution in [0, 0.1) is 13.8 Å². The molecular formula is C13H18O3S. The van der Waals surface area contributed by atoms with Gasteiger partial charge in [-0.25, -0.2) is 0 Å². The van der Waals surface area contributed by atoms with Crippen molar-refractivity contribution < 1.29 is 14.1 Å². The number of carboxylic acids is 1. The van der Waals surface area contributed by atoms with Gasteiger partial charge in [-0.1, -0.05) is 31.0 Å². The lowest BCUT2D eigenvalue weighted by molar-refractivity contribution is -0.136. The zero-order valence-corrected chi connectivity index (χ0v) is 11.2. The summed E-state index contributed by atoms with van der Waals surface area (Å²) in [5.41, 5.74) is 1.98. The number of aliphatic carboxylic acids is 1. The molecule has 2 unspecified atom stereocenters. The lowest BCUT2D eigenvalue weighted by atomic mass is 10.2. The smallest absolute Gasteiger partial charge is 0.319 e. The van der Waals surface area contributed by atoms with Crippen LogP contribution in [0.2, 0.25) is 0 Å². The fourth-order valence-corrected chi connectivity index (χ4v) is 3.28. The van der Waals surface area contributed by atoms with Crippen LogP contribution in [-0.2, 0) is 15.6 Å². The largest absolute Gasteiger partial charge is 0.480 e. The Morgan fingerprint density at radius 3 is 2.53 bits per heavy atom. The fraction of sp³-hybridized carbons (Fsp3) is 0.462. The van der Waals surface area contributed by atoms with E-state index in [4.69, 9.17) is 5.11 Å². The molecule has 0 saturated heterocycles. The molecule has 0 radical (unpaired) electrons. The van der Waals surface area contributed by atoms with Gasteiger partial charge in [0.1, 0.15) is 5.25 Å². The standard InChI is InChI=1S/C13H18O3S/c1-4-5-12(13(14)15)17(16)11-7-6-9(2)8-10(11)3/h6-8,12H,4-5H2,1-3H3,(H,14,15). The molecule has 0 spiro atoms. The first-order valence-electron chi connectivity index (χ1n) is 5.68. The quantitative estimate of drug-likeness (QED) is 0.879. The summed E-state index contributed by atoms with van der Waals surface area (Å²) in [6.07, 6.45) is 1.16. The number of aryl methyl sites for hydroxylation is 2.